The maximum atomic E-state index is 12.1. The van der Waals surface area contributed by atoms with Crippen LogP contribution < -0.4 is 11.1 Å². The van der Waals surface area contributed by atoms with Gasteiger partial charge in [0.05, 0.1) is 5.54 Å². The summed E-state index contributed by atoms with van der Waals surface area (Å²) >= 11 is 0. The first-order valence-corrected chi connectivity index (χ1v) is 6.12. The number of fused-ring (bicyclic) bond motifs is 1. The molecule has 1 saturated carbocycles. The molecule has 0 saturated heterocycles. The average Bonchev–Trinajstić information content (AvgIpc) is 2.36. The van der Waals surface area contributed by atoms with E-state index < -0.39 is 5.54 Å². The highest BCUT2D eigenvalue weighted by Gasteiger charge is 2.40. The second kappa shape index (κ2) is 4.07. The molecule has 0 bridgehead atoms. The Morgan fingerprint density at radius 3 is 2.89 bits per heavy atom. The summed E-state index contributed by atoms with van der Waals surface area (Å²) < 4.78 is 0. The molecule has 1 aliphatic rings. The summed E-state index contributed by atoms with van der Waals surface area (Å²) in [5.41, 5.74) is 6.14. The lowest BCUT2D eigenvalue weighted by Gasteiger charge is -2.36. The molecule has 3 N–H and O–H groups in total. The number of hydrogen-bond donors (Lipinski definition) is 2. The van der Waals surface area contributed by atoms with Crippen molar-refractivity contribution < 1.29 is 4.79 Å². The Morgan fingerprint density at radius 2 is 2.17 bits per heavy atom. The summed E-state index contributed by atoms with van der Waals surface area (Å²) in [6.07, 6.45) is 6.08. The lowest BCUT2D eigenvalue weighted by atomic mass is 9.77. The van der Waals surface area contributed by atoms with Gasteiger partial charge in [0.1, 0.15) is 0 Å². The number of benzene rings is 1. The number of amides is 1. The Hall–Kier alpha value is -1.94. The quantitative estimate of drug-likeness (QED) is 0.845. The van der Waals surface area contributed by atoms with Crippen molar-refractivity contribution in [2.45, 2.75) is 24.8 Å². The van der Waals surface area contributed by atoms with E-state index in [1.54, 1.807) is 12.4 Å². The third-order valence-electron chi connectivity index (χ3n) is 3.63. The van der Waals surface area contributed by atoms with Gasteiger partial charge in [0.15, 0.2) is 0 Å². The van der Waals surface area contributed by atoms with Crippen LogP contribution >= 0.6 is 0 Å². The van der Waals surface area contributed by atoms with Crippen molar-refractivity contribution >= 4 is 22.4 Å². The number of pyridine rings is 1. The van der Waals surface area contributed by atoms with E-state index in [1.165, 1.54) is 0 Å². The topological polar surface area (TPSA) is 68.0 Å². The van der Waals surface area contributed by atoms with Gasteiger partial charge in [0.25, 0.3) is 0 Å². The van der Waals surface area contributed by atoms with Crippen molar-refractivity contribution in [2.24, 2.45) is 5.73 Å². The van der Waals surface area contributed by atoms with Crippen molar-refractivity contribution in [3.63, 3.8) is 0 Å². The Labute approximate surface area is 105 Å². The first-order valence-electron chi connectivity index (χ1n) is 6.12. The molecule has 1 aromatic carbocycles. The van der Waals surface area contributed by atoms with Crippen molar-refractivity contribution in [3.05, 3.63) is 36.7 Å². The highest BCUT2D eigenvalue weighted by molar-refractivity contribution is 6.05. The van der Waals surface area contributed by atoms with Gasteiger partial charge in [-0.3, -0.25) is 9.78 Å². The number of rotatable bonds is 2. The van der Waals surface area contributed by atoms with Crippen molar-refractivity contribution in [3.8, 4) is 0 Å². The van der Waals surface area contributed by atoms with Crippen LogP contribution in [0.15, 0.2) is 36.7 Å². The van der Waals surface area contributed by atoms with E-state index >= 15 is 0 Å². The van der Waals surface area contributed by atoms with Crippen molar-refractivity contribution in [1.29, 1.82) is 0 Å². The van der Waals surface area contributed by atoms with Gasteiger partial charge in [0.2, 0.25) is 5.91 Å². The largest absolute Gasteiger partial charge is 0.324 e. The van der Waals surface area contributed by atoms with Crippen LogP contribution in [0, 0.1) is 0 Å². The Balaban J connectivity index is 1.93. The molecule has 18 heavy (non-hydrogen) atoms. The fourth-order valence-corrected chi connectivity index (χ4v) is 2.26. The molecule has 1 aliphatic carbocycles. The molecule has 4 nitrogen and oxygen atoms in total. The van der Waals surface area contributed by atoms with Crippen LogP contribution in [-0.2, 0) is 4.79 Å². The van der Waals surface area contributed by atoms with Gasteiger partial charge >= 0.3 is 0 Å². The number of nitrogens with two attached hydrogens (primary N) is 1. The van der Waals surface area contributed by atoms with Crippen LogP contribution in [0.3, 0.4) is 0 Å². The van der Waals surface area contributed by atoms with Gasteiger partial charge in [-0.05, 0) is 31.4 Å². The molecular formula is C14H15N3O. The number of hydrogen-bond acceptors (Lipinski definition) is 3. The van der Waals surface area contributed by atoms with Crippen LogP contribution in [0.25, 0.3) is 10.8 Å². The van der Waals surface area contributed by atoms with E-state index in [0.717, 1.165) is 35.7 Å². The lowest BCUT2D eigenvalue weighted by molar-refractivity contribution is -0.123. The Morgan fingerprint density at radius 1 is 1.33 bits per heavy atom. The van der Waals surface area contributed by atoms with Gasteiger partial charge in [-0.25, -0.2) is 0 Å². The second-order valence-corrected chi connectivity index (χ2v) is 4.87. The summed E-state index contributed by atoms with van der Waals surface area (Å²) in [5, 5.41) is 4.93. The molecule has 1 heterocycles. The summed E-state index contributed by atoms with van der Waals surface area (Å²) in [7, 11) is 0. The molecule has 1 aromatic heterocycles. The molecule has 92 valence electrons. The minimum absolute atomic E-state index is 0.0851. The fourth-order valence-electron chi connectivity index (χ4n) is 2.26. The van der Waals surface area contributed by atoms with Gasteiger partial charge in [0, 0.05) is 28.9 Å². The smallest absolute Gasteiger partial charge is 0.244 e. The maximum absolute atomic E-state index is 12.1. The van der Waals surface area contributed by atoms with Crippen LogP contribution in [0.4, 0.5) is 5.69 Å². The number of nitrogens with one attached hydrogen (secondary N) is 1. The molecule has 0 radical (unpaired) electrons. The monoisotopic (exact) mass is 241 g/mol. The standard InChI is InChI=1S/C14H15N3O/c15-14(6-2-7-14)13(18)17-12-4-1-3-10-9-16-8-5-11(10)12/h1,3-5,8-9H,2,6-7,15H2,(H,17,18). The van der Waals surface area contributed by atoms with E-state index in [0.29, 0.717) is 0 Å². The predicted octanol–water partition coefficient (Wildman–Crippen LogP) is 2.05. The maximum Gasteiger partial charge on any atom is 0.244 e. The van der Waals surface area contributed by atoms with Crippen LogP contribution in [-0.4, -0.2) is 16.4 Å². The van der Waals surface area contributed by atoms with E-state index in [1.807, 2.05) is 24.3 Å². The number of carbonyl (C=O) groups is 1. The molecule has 0 unspecified atom stereocenters. The molecule has 0 spiro atoms. The Kier molecular flexibility index (Phi) is 2.52. The van der Waals surface area contributed by atoms with E-state index in [4.69, 9.17) is 5.73 Å². The third kappa shape index (κ3) is 1.75. The zero-order valence-corrected chi connectivity index (χ0v) is 10.0. The summed E-state index contributed by atoms with van der Waals surface area (Å²) in [4.78, 5) is 16.2. The minimum atomic E-state index is -0.671. The second-order valence-electron chi connectivity index (χ2n) is 4.87. The zero-order chi connectivity index (χ0) is 12.6. The van der Waals surface area contributed by atoms with Crippen LogP contribution in [0.2, 0.25) is 0 Å². The van der Waals surface area contributed by atoms with Crippen LogP contribution in [0.5, 0.6) is 0 Å². The number of carbonyl (C=O) groups excluding carboxylic acids is 1. The normalized spacial score (nSPS) is 17.2. The molecule has 4 heteroatoms. The minimum Gasteiger partial charge on any atom is -0.324 e. The van der Waals surface area contributed by atoms with Gasteiger partial charge < -0.3 is 11.1 Å². The fraction of sp³-hybridized carbons (Fsp3) is 0.286. The van der Waals surface area contributed by atoms with E-state index in [9.17, 15) is 4.79 Å². The molecule has 1 amide bonds. The van der Waals surface area contributed by atoms with Crippen LogP contribution in [0.1, 0.15) is 19.3 Å². The summed E-state index contributed by atoms with van der Waals surface area (Å²) in [5.74, 6) is -0.0851. The number of anilines is 1. The third-order valence-corrected chi connectivity index (χ3v) is 3.63. The van der Waals surface area contributed by atoms with Gasteiger partial charge in [-0.15, -0.1) is 0 Å². The summed E-state index contributed by atoms with van der Waals surface area (Å²) in [6, 6.07) is 7.67. The predicted molar refractivity (Wildman–Crippen MR) is 71.1 cm³/mol. The Bertz CT molecular complexity index is 600. The highest BCUT2D eigenvalue weighted by Crippen LogP contribution is 2.31. The van der Waals surface area contributed by atoms with Crippen molar-refractivity contribution in [2.75, 3.05) is 5.32 Å². The lowest BCUT2D eigenvalue weighted by Crippen LogP contribution is -2.56. The first-order chi connectivity index (χ1) is 8.69. The number of nitrogens with zero attached hydrogens (tertiary/aromatic N) is 1. The molecule has 1 fully saturated rings. The first kappa shape index (κ1) is 11.2. The van der Waals surface area contributed by atoms with E-state index in [-0.39, 0.29) is 5.91 Å². The molecule has 2 aromatic rings. The zero-order valence-electron chi connectivity index (χ0n) is 10.0. The van der Waals surface area contributed by atoms with Gasteiger partial charge in [-0.2, -0.15) is 0 Å². The SMILES string of the molecule is NC1(C(=O)Nc2cccc3cnccc23)CCC1. The van der Waals surface area contributed by atoms with Crippen molar-refractivity contribution in [1.82, 2.24) is 4.98 Å². The molecular weight excluding hydrogens is 226 g/mol. The van der Waals surface area contributed by atoms with Gasteiger partial charge in [-0.1, -0.05) is 12.1 Å². The summed E-state index contributed by atoms with van der Waals surface area (Å²) in [6.45, 7) is 0. The molecule has 3 rings (SSSR count). The molecule has 0 atom stereocenters. The van der Waals surface area contributed by atoms with E-state index in [2.05, 4.69) is 10.3 Å². The molecule has 0 aliphatic heterocycles. The average molecular weight is 241 g/mol. The highest BCUT2D eigenvalue weighted by atomic mass is 16.2. The number of aromatic nitrogens is 1.